The van der Waals surface area contributed by atoms with E-state index in [1.54, 1.807) is 13.2 Å². The molecule has 0 fully saturated rings. The summed E-state index contributed by atoms with van der Waals surface area (Å²) < 4.78 is 5.37. The van der Waals surface area contributed by atoms with Crippen molar-refractivity contribution in [2.24, 2.45) is 0 Å². The van der Waals surface area contributed by atoms with Crippen LogP contribution in [-0.4, -0.2) is 48.7 Å². The van der Waals surface area contributed by atoms with Crippen molar-refractivity contribution in [3.63, 3.8) is 0 Å². The number of hydrogen-bond donors (Lipinski definition) is 2. The smallest absolute Gasteiger partial charge is 0.251 e. The van der Waals surface area contributed by atoms with Crippen LogP contribution < -0.4 is 15.4 Å². The number of anilines is 1. The summed E-state index contributed by atoms with van der Waals surface area (Å²) in [5, 5.41) is 5.82. The van der Waals surface area contributed by atoms with E-state index in [0.29, 0.717) is 17.8 Å². The summed E-state index contributed by atoms with van der Waals surface area (Å²) in [4.78, 5) is 28.1. The number of rotatable bonds is 8. The Labute approximate surface area is 182 Å². The first-order valence-electron chi connectivity index (χ1n) is 10.2. The molecule has 0 saturated heterocycles. The zero-order valence-corrected chi connectivity index (χ0v) is 18.7. The van der Waals surface area contributed by atoms with Gasteiger partial charge in [0, 0.05) is 17.0 Å². The number of benzene rings is 2. The number of amides is 2. The third-order valence-electron chi connectivity index (χ3n) is 5.36. The number of nitrogens with one attached hydrogen (secondary N) is 2. The molecule has 160 valence electrons. The van der Waals surface area contributed by atoms with Crippen molar-refractivity contribution in [1.82, 2.24) is 10.2 Å². The summed E-state index contributed by atoms with van der Waals surface area (Å²) in [7, 11) is 1.65. The van der Waals surface area contributed by atoms with Crippen LogP contribution in [0.3, 0.4) is 0 Å². The van der Waals surface area contributed by atoms with E-state index >= 15 is 0 Å². The Morgan fingerprint density at radius 2 is 2.00 bits per heavy atom. The lowest BCUT2D eigenvalue weighted by atomic mass is 10.0. The van der Waals surface area contributed by atoms with Gasteiger partial charge in [-0.25, -0.2) is 0 Å². The van der Waals surface area contributed by atoms with Crippen molar-refractivity contribution in [2.75, 3.05) is 32.1 Å². The molecule has 2 atom stereocenters. The summed E-state index contributed by atoms with van der Waals surface area (Å²) >= 11 is 1.51. The molecule has 2 N–H and O–H groups in total. The molecular formula is C23H29N3O3S. The Balaban J connectivity index is 1.76. The summed E-state index contributed by atoms with van der Waals surface area (Å²) in [6.45, 7) is 8.31. The van der Waals surface area contributed by atoms with E-state index in [1.807, 2.05) is 37.3 Å². The lowest BCUT2D eigenvalue weighted by Crippen LogP contribution is -2.38. The molecule has 0 radical (unpaired) electrons. The second-order valence-electron chi connectivity index (χ2n) is 7.18. The van der Waals surface area contributed by atoms with Crippen LogP contribution in [0.25, 0.3) is 0 Å². The molecule has 0 aliphatic carbocycles. The van der Waals surface area contributed by atoms with E-state index in [4.69, 9.17) is 4.74 Å². The van der Waals surface area contributed by atoms with E-state index in [-0.39, 0.29) is 23.1 Å². The van der Waals surface area contributed by atoms with Crippen molar-refractivity contribution in [3.05, 3.63) is 53.6 Å². The van der Waals surface area contributed by atoms with Gasteiger partial charge in [-0.05, 0) is 55.9 Å². The van der Waals surface area contributed by atoms with Crippen LogP contribution in [0.15, 0.2) is 47.4 Å². The van der Waals surface area contributed by atoms with Crippen LogP contribution in [0.5, 0.6) is 5.75 Å². The molecule has 0 spiro atoms. The first-order valence-corrected chi connectivity index (χ1v) is 11.1. The molecule has 2 aromatic rings. The van der Waals surface area contributed by atoms with Gasteiger partial charge >= 0.3 is 0 Å². The average Bonchev–Trinajstić information content (AvgIpc) is 2.77. The zero-order chi connectivity index (χ0) is 21.7. The number of hydrogen-bond acceptors (Lipinski definition) is 5. The lowest BCUT2D eigenvalue weighted by Gasteiger charge is -2.30. The standard InChI is InChI=1S/C23H29N3O3S/c1-5-26(6-2)20(16-8-7-9-18(12-16)29-4)14-24-23(28)17-10-11-21-19(13-17)25-22(27)15(3)30-21/h7-13,15,20H,5-6,14H2,1-4H3,(H,24,28)(H,25,27)/t15-,20-/m0/s1. The minimum atomic E-state index is -0.157. The molecule has 6 nitrogen and oxygen atoms in total. The monoisotopic (exact) mass is 427 g/mol. The maximum atomic E-state index is 12.9. The minimum absolute atomic E-state index is 0.0350. The third-order valence-corrected chi connectivity index (χ3v) is 6.54. The van der Waals surface area contributed by atoms with Crippen LogP contribution in [0.1, 0.15) is 42.7 Å². The van der Waals surface area contributed by atoms with E-state index in [0.717, 1.165) is 29.3 Å². The van der Waals surface area contributed by atoms with Crippen molar-refractivity contribution >= 4 is 29.3 Å². The van der Waals surface area contributed by atoms with E-state index in [1.165, 1.54) is 11.8 Å². The molecule has 30 heavy (non-hydrogen) atoms. The van der Waals surface area contributed by atoms with Crippen LogP contribution in [-0.2, 0) is 4.79 Å². The van der Waals surface area contributed by atoms with Crippen LogP contribution in [0.2, 0.25) is 0 Å². The number of nitrogens with zero attached hydrogens (tertiary/aromatic N) is 1. The van der Waals surface area contributed by atoms with Gasteiger partial charge in [-0.1, -0.05) is 26.0 Å². The van der Waals surface area contributed by atoms with E-state index in [2.05, 4.69) is 35.4 Å². The topological polar surface area (TPSA) is 70.7 Å². The van der Waals surface area contributed by atoms with Crippen LogP contribution >= 0.6 is 11.8 Å². The number of carbonyl (C=O) groups excluding carboxylic acids is 2. The predicted molar refractivity (Wildman–Crippen MR) is 121 cm³/mol. The molecule has 0 bridgehead atoms. The van der Waals surface area contributed by atoms with Crippen molar-refractivity contribution in [1.29, 1.82) is 0 Å². The predicted octanol–water partition coefficient (Wildman–Crippen LogP) is 3.94. The molecular weight excluding hydrogens is 398 g/mol. The van der Waals surface area contributed by atoms with Crippen molar-refractivity contribution in [3.8, 4) is 5.75 Å². The molecule has 1 aliphatic rings. The molecule has 3 rings (SSSR count). The van der Waals surface area contributed by atoms with Crippen LogP contribution in [0, 0.1) is 0 Å². The Kier molecular flexibility index (Phi) is 7.39. The number of methoxy groups -OCH3 is 1. The third kappa shape index (κ3) is 4.96. The van der Waals surface area contributed by atoms with Crippen molar-refractivity contribution < 1.29 is 14.3 Å². The van der Waals surface area contributed by atoms with E-state index < -0.39 is 0 Å². The van der Waals surface area contributed by atoms with Crippen LogP contribution in [0.4, 0.5) is 5.69 Å². The van der Waals surface area contributed by atoms with Gasteiger partial charge in [-0.3, -0.25) is 14.5 Å². The van der Waals surface area contributed by atoms with Crippen molar-refractivity contribution in [2.45, 2.75) is 37.0 Å². The number of likely N-dealkylation sites (N-methyl/N-ethyl adjacent to an activating group) is 1. The molecule has 2 amide bonds. The van der Waals surface area contributed by atoms with Gasteiger partial charge in [0.05, 0.1) is 24.1 Å². The van der Waals surface area contributed by atoms with Gasteiger partial charge in [0.25, 0.3) is 5.91 Å². The maximum Gasteiger partial charge on any atom is 0.251 e. The first-order chi connectivity index (χ1) is 14.5. The largest absolute Gasteiger partial charge is 0.497 e. The summed E-state index contributed by atoms with van der Waals surface area (Å²) in [6, 6.07) is 13.5. The zero-order valence-electron chi connectivity index (χ0n) is 17.9. The summed E-state index contributed by atoms with van der Waals surface area (Å²) in [6.07, 6.45) is 0. The molecule has 0 saturated carbocycles. The average molecular weight is 428 g/mol. The molecule has 0 unspecified atom stereocenters. The number of thioether (sulfide) groups is 1. The first kappa shape index (κ1) is 22.2. The molecule has 0 aromatic heterocycles. The Morgan fingerprint density at radius 3 is 2.70 bits per heavy atom. The van der Waals surface area contributed by atoms with E-state index in [9.17, 15) is 9.59 Å². The second-order valence-corrected chi connectivity index (χ2v) is 8.57. The highest BCUT2D eigenvalue weighted by Crippen LogP contribution is 2.36. The van der Waals surface area contributed by atoms with Gasteiger partial charge in [0.2, 0.25) is 5.91 Å². The highest BCUT2D eigenvalue weighted by Gasteiger charge is 2.24. The highest BCUT2D eigenvalue weighted by atomic mass is 32.2. The summed E-state index contributed by atoms with van der Waals surface area (Å²) in [5.41, 5.74) is 2.33. The van der Waals surface area contributed by atoms with Gasteiger partial charge in [-0.15, -0.1) is 11.8 Å². The normalized spacial score (nSPS) is 16.6. The Hall–Kier alpha value is -2.51. The molecule has 2 aromatic carbocycles. The van der Waals surface area contributed by atoms with Gasteiger partial charge in [0.1, 0.15) is 5.75 Å². The van der Waals surface area contributed by atoms with Gasteiger partial charge in [0.15, 0.2) is 0 Å². The van der Waals surface area contributed by atoms with Gasteiger partial charge < -0.3 is 15.4 Å². The number of fused-ring (bicyclic) bond motifs is 1. The Bertz CT molecular complexity index is 914. The maximum absolute atomic E-state index is 12.9. The molecule has 1 aliphatic heterocycles. The summed E-state index contributed by atoms with van der Waals surface area (Å²) in [5.74, 6) is 0.605. The number of carbonyl (C=O) groups is 2. The SMILES string of the molecule is CCN(CC)[C@@H](CNC(=O)c1ccc2c(c1)NC(=O)[C@H](C)S2)c1cccc(OC)c1. The molecule has 1 heterocycles. The Morgan fingerprint density at radius 1 is 1.23 bits per heavy atom. The van der Waals surface area contributed by atoms with Gasteiger partial charge in [-0.2, -0.15) is 0 Å². The quantitative estimate of drug-likeness (QED) is 0.668. The fourth-order valence-electron chi connectivity index (χ4n) is 3.61. The second kappa shape index (κ2) is 10.00. The molecule has 7 heteroatoms. The minimum Gasteiger partial charge on any atom is -0.497 e. The fraction of sp³-hybridized carbons (Fsp3) is 0.391. The number of ether oxygens (including phenoxy) is 1. The highest BCUT2D eigenvalue weighted by molar-refractivity contribution is 8.00. The fourth-order valence-corrected chi connectivity index (χ4v) is 4.54. The lowest BCUT2D eigenvalue weighted by molar-refractivity contribution is -0.115.